The molecule has 0 bridgehead atoms. The molecule has 474 valence electrons. The summed E-state index contributed by atoms with van der Waals surface area (Å²) in [7, 11) is -0.885. The van der Waals surface area contributed by atoms with Crippen LogP contribution in [0.3, 0.4) is 0 Å². The molecule has 6 N–H and O–H groups in total. The molecular formula is C68H104O15Si2. The number of carbonyl (C=O) groups excluding carboxylic acids is 3. The van der Waals surface area contributed by atoms with Gasteiger partial charge >= 0.3 is 11.9 Å². The molecule has 0 aliphatic heterocycles. The fourth-order valence-corrected chi connectivity index (χ4v) is 11.9. The second kappa shape index (κ2) is 36.6. The SMILES string of the molecule is COCc1cccc(CCC[C@H](O)C=C=C2[C@@H](C/C=C\CCCC(=O)OCC(CO)(CO)CO)C(=O)C[C@H]2O)c1.COCc1cccc(CC[C@@H](C=C=C2[C@@H](C/C=C\CCCC(=O)O)C(=O)C[C@H]2O[Si](C)(C)C(C)(C)C)O[Si](C)(C)C(C)(C)C)c1. The number of allylic oxidation sites excluding steroid dienone is 4. The Kier molecular flexibility index (Phi) is 32.1. The van der Waals surface area contributed by atoms with Gasteiger partial charge < -0.3 is 53.7 Å². The number of hydrogen-bond donors (Lipinski definition) is 6. The number of esters is 1. The van der Waals surface area contributed by atoms with Gasteiger partial charge in [0.15, 0.2) is 16.6 Å². The first kappa shape index (κ1) is 74.6. The third kappa shape index (κ3) is 25.9. The molecule has 2 aromatic rings. The number of hydrogen-bond acceptors (Lipinski definition) is 14. The standard InChI is InChI=1S/C37H60O6Si2.C31H44O9/c1-36(2,3)44(8,9)42-30(22-21-28-17-16-18-29(25-28)27-41-7)23-24-32-31(19-14-12-13-15-20-35(39)40)33(38)26-34(32)43-45(10,11)37(4,5)6;1-39-18-24-10-6-8-23(16-24)9-7-11-25(35)14-15-27-26(28(36)17-29(27)37)12-4-2-3-5-13-30(38)40-22-31(19-32,20-33)21-34/h12,14,16-18,23,25,30-31,34H,13,15,19-22,26-27H2,1-11H3,(H,39,40);2,4,6,8,10,14,16,25-26,29,32-35,37H,3,5,7,9,11-13,17-22H2,1H3/b14-12-;4-2-/t24?,30-,31+,34+;15?,25-,26+,29+/m00/s1. The predicted octanol–water partition coefficient (Wildman–Crippen LogP) is 11.6. The first-order valence-corrected chi connectivity index (χ1v) is 36.2. The Bertz CT molecular complexity index is 2600. The van der Waals surface area contributed by atoms with Gasteiger partial charge in [0.2, 0.25) is 0 Å². The number of carbonyl (C=O) groups is 4. The number of aliphatic carboxylic acids is 1. The Labute approximate surface area is 510 Å². The van der Waals surface area contributed by atoms with E-state index in [0.717, 1.165) is 42.4 Å². The second-order valence-electron chi connectivity index (χ2n) is 26.0. The maximum atomic E-state index is 13.5. The van der Waals surface area contributed by atoms with Crippen molar-refractivity contribution in [2.45, 2.75) is 212 Å². The van der Waals surface area contributed by atoms with Crippen LogP contribution in [0.5, 0.6) is 0 Å². The number of aryl methyl sites for hydroxylation is 2. The topological polar surface area (TPSA) is 236 Å². The van der Waals surface area contributed by atoms with Gasteiger partial charge in [-0.15, -0.1) is 11.5 Å². The molecule has 0 spiro atoms. The summed E-state index contributed by atoms with van der Waals surface area (Å²) in [6.07, 6.45) is 17.0. The van der Waals surface area contributed by atoms with Crippen molar-refractivity contribution >= 4 is 40.1 Å². The molecule has 2 aliphatic rings. The molecule has 0 amide bonds. The molecule has 2 fully saturated rings. The minimum Gasteiger partial charge on any atom is -0.481 e. The summed E-state index contributed by atoms with van der Waals surface area (Å²) in [4.78, 5) is 48.7. The lowest BCUT2D eigenvalue weighted by molar-refractivity contribution is -0.151. The van der Waals surface area contributed by atoms with Crippen molar-refractivity contribution in [3.63, 3.8) is 0 Å². The minimum absolute atomic E-state index is 0.0122. The van der Waals surface area contributed by atoms with Gasteiger partial charge in [-0.25, -0.2) is 0 Å². The Balaban J connectivity index is 0.000000448. The fraction of sp³-hybridized carbons (Fsp3) is 0.618. The molecule has 85 heavy (non-hydrogen) atoms. The third-order valence-corrected chi connectivity index (χ3v) is 25.8. The monoisotopic (exact) mass is 1220 g/mol. The molecule has 0 heterocycles. The predicted molar refractivity (Wildman–Crippen MR) is 339 cm³/mol. The maximum absolute atomic E-state index is 13.5. The van der Waals surface area contributed by atoms with Crippen LogP contribution in [-0.4, -0.2) is 136 Å². The van der Waals surface area contributed by atoms with Crippen LogP contribution in [0.25, 0.3) is 0 Å². The molecule has 2 aliphatic carbocycles. The average Bonchev–Trinajstić information content (AvgIpc) is 2.59. The highest BCUT2D eigenvalue weighted by Crippen LogP contribution is 2.43. The average molecular weight is 1220 g/mol. The van der Waals surface area contributed by atoms with Gasteiger partial charge in [-0.1, -0.05) is 114 Å². The first-order chi connectivity index (χ1) is 40.0. The molecule has 0 radical (unpaired) electrons. The highest BCUT2D eigenvalue weighted by atomic mass is 28.4. The number of Topliss-reactive ketones (excluding diaryl/α,β-unsaturated/α-hetero) is 2. The van der Waals surface area contributed by atoms with Gasteiger partial charge in [0.1, 0.15) is 18.2 Å². The Morgan fingerprint density at radius 3 is 1.71 bits per heavy atom. The van der Waals surface area contributed by atoms with Gasteiger partial charge in [-0.3, -0.25) is 19.2 Å². The van der Waals surface area contributed by atoms with E-state index in [1.165, 1.54) is 17.2 Å². The third-order valence-electron chi connectivity index (χ3n) is 16.8. The largest absolute Gasteiger partial charge is 0.481 e. The molecule has 0 saturated heterocycles. The number of ether oxygens (including phenoxy) is 3. The zero-order chi connectivity index (χ0) is 63.4. The van der Waals surface area contributed by atoms with Crippen LogP contribution in [0.4, 0.5) is 0 Å². The molecule has 2 aromatic carbocycles. The van der Waals surface area contributed by atoms with Crippen molar-refractivity contribution in [3.8, 4) is 0 Å². The van der Waals surface area contributed by atoms with Crippen LogP contribution in [0.2, 0.25) is 36.3 Å². The number of carboxylic acids is 1. The summed E-state index contributed by atoms with van der Waals surface area (Å²) in [5.41, 5.74) is 11.5. The van der Waals surface area contributed by atoms with Crippen molar-refractivity contribution in [1.29, 1.82) is 0 Å². The number of ketones is 2. The number of benzene rings is 2. The smallest absolute Gasteiger partial charge is 0.305 e. The lowest BCUT2D eigenvalue weighted by atomic mass is 9.93. The summed E-state index contributed by atoms with van der Waals surface area (Å²) in [5, 5.41) is 57.6. The van der Waals surface area contributed by atoms with E-state index in [1.807, 2.05) is 42.5 Å². The summed E-state index contributed by atoms with van der Waals surface area (Å²) in [6.45, 7) is 21.8. The minimum atomic E-state index is -2.16. The van der Waals surface area contributed by atoms with Crippen molar-refractivity contribution in [2.75, 3.05) is 40.6 Å². The van der Waals surface area contributed by atoms with E-state index in [-0.39, 0.29) is 65.6 Å². The van der Waals surface area contributed by atoms with Gasteiger partial charge in [-0.2, -0.15) is 0 Å². The summed E-state index contributed by atoms with van der Waals surface area (Å²) >= 11 is 0. The number of aliphatic hydroxyl groups excluding tert-OH is 5. The fourth-order valence-electron chi connectivity index (χ4n) is 9.36. The van der Waals surface area contributed by atoms with E-state index in [4.69, 9.17) is 28.2 Å². The number of carboxylic acid groups (broad SMARTS) is 1. The van der Waals surface area contributed by atoms with Crippen LogP contribution in [0, 0.1) is 17.3 Å². The quantitative estimate of drug-likeness (QED) is 0.0126. The Hall–Kier alpha value is -4.69. The Morgan fingerprint density at radius 2 is 1.18 bits per heavy atom. The van der Waals surface area contributed by atoms with Gasteiger partial charge in [0, 0.05) is 51.0 Å². The molecule has 0 unspecified atom stereocenters. The van der Waals surface area contributed by atoms with Crippen molar-refractivity contribution in [1.82, 2.24) is 0 Å². The van der Waals surface area contributed by atoms with E-state index in [0.29, 0.717) is 70.2 Å². The molecule has 6 atom stereocenters. The van der Waals surface area contributed by atoms with E-state index in [1.54, 1.807) is 14.2 Å². The molecule has 4 rings (SSSR count). The molecule has 2 saturated carbocycles. The molecule has 15 nitrogen and oxygen atoms in total. The highest BCUT2D eigenvalue weighted by molar-refractivity contribution is 6.74. The highest BCUT2D eigenvalue weighted by Gasteiger charge is 2.45. The number of methoxy groups -OCH3 is 2. The Morgan fingerprint density at radius 1 is 0.671 bits per heavy atom. The number of unbranched alkanes of at least 4 members (excludes halogenated alkanes) is 2. The van der Waals surface area contributed by atoms with E-state index < -0.39 is 71.9 Å². The van der Waals surface area contributed by atoms with Gasteiger partial charge in [0.25, 0.3) is 0 Å². The molecule has 17 heteroatoms. The van der Waals surface area contributed by atoms with Crippen LogP contribution in [0.1, 0.15) is 147 Å². The lowest BCUT2D eigenvalue weighted by Crippen LogP contribution is -2.44. The first-order valence-electron chi connectivity index (χ1n) is 30.4. The summed E-state index contributed by atoms with van der Waals surface area (Å²) in [6, 6.07) is 16.7. The van der Waals surface area contributed by atoms with Crippen LogP contribution in [-0.2, 0) is 68.3 Å². The normalized spacial score (nSPS) is 18.6. The van der Waals surface area contributed by atoms with Crippen molar-refractivity contribution in [2.24, 2.45) is 17.3 Å². The zero-order valence-electron chi connectivity index (χ0n) is 53.3. The van der Waals surface area contributed by atoms with E-state index in [2.05, 4.69) is 116 Å². The van der Waals surface area contributed by atoms with Gasteiger partial charge in [-0.05, 0) is 141 Å². The summed E-state index contributed by atoms with van der Waals surface area (Å²) < 4.78 is 29.4. The zero-order valence-corrected chi connectivity index (χ0v) is 55.3. The van der Waals surface area contributed by atoms with E-state index in [9.17, 15) is 44.7 Å². The second-order valence-corrected chi connectivity index (χ2v) is 35.5. The van der Waals surface area contributed by atoms with Crippen LogP contribution in [0.15, 0.2) is 108 Å². The molecule has 0 aromatic heterocycles. The van der Waals surface area contributed by atoms with Crippen LogP contribution < -0.4 is 0 Å². The van der Waals surface area contributed by atoms with E-state index >= 15 is 0 Å². The lowest BCUT2D eigenvalue weighted by Gasteiger charge is -2.39. The number of rotatable bonds is 34. The van der Waals surface area contributed by atoms with Crippen LogP contribution >= 0.6 is 0 Å². The number of aliphatic hydroxyl groups is 5. The maximum Gasteiger partial charge on any atom is 0.305 e. The van der Waals surface area contributed by atoms with Gasteiger partial charge in [0.05, 0.1) is 74.7 Å². The summed E-state index contributed by atoms with van der Waals surface area (Å²) in [5.74, 6) is -1.95. The molecular weight excluding hydrogens is 1110 g/mol. The van der Waals surface area contributed by atoms with Crippen molar-refractivity contribution < 1.29 is 72.9 Å². The van der Waals surface area contributed by atoms with Crippen molar-refractivity contribution in [3.05, 3.63) is 130 Å².